The zero-order valence-electron chi connectivity index (χ0n) is 16.0. The zero-order valence-corrected chi connectivity index (χ0v) is 16.0. The molecule has 0 bridgehead atoms. The minimum absolute atomic E-state index is 0.0758. The van der Waals surface area contributed by atoms with Gasteiger partial charge in [-0.3, -0.25) is 9.69 Å². The predicted octanol–water partition coefficient (Wildman–Crippen LogP) is 3.98. The van der Waals surface area contributed by atoms with Gasteiger partial charge in [-0.25, -0.2) is 24.1 Å². The Hall–Kier alpha value is -4.22. The number of nitrogens with zero attached hydrogens (tertiary/aromatic N) is 4. The SMILES string of the molecule is Nc1ncc(Oc2ccc(N3C(=O)CN(c4ccc(F)c(C(F)(F)F)c4)C3=O)cc2)cn1. The van der Waals surface area contributed by atoms with E-state index in [-0.39, 0.29) is 17.3 Å². The molecule has 0 aliphatic carbocycles. The summed E-state index contributed by atoms with van der Waals surface area (Å²) in [5.41, 5.74) is 3.81. The lowest BCUT2D eigenvalue weighted by Gasteiger charge is -2.19. The molecule has 2 N–H and O–H groups in total. The van der Waals surface area contributed by atoms with Gasteiger partial charge in [0.2, 0.25) is 5.95 Å². The molecule has 0 saturated carbocycles. The monoisotopic (exact) mass is 447 g/mol. The van der Waals surface area contributed by atoms with Crippen LogP contribution in [0.2, 0.25) is 0 Å². The van der Waals surface area contributed by atoms with Crippen LogP contribution in [0.25, 0.3) is 0 Å². The summed E-state index contributed by atoms with van der Waals surface area (Å²) in [5.74, 6) is -1.40. The average molecular weight is 447 g/mol. The maximum Gasteiger partial charge on any atom is 0.419 e. The number of nitrogen functional groups attached to an aromatic ring is 1. The quantitative estimate of drug-likeness (QED) is 0.480. The van der Waals surface area contributed by atoms with Gasteiger partial charge in [-0.1, -0.05) is 0 Å². The van der Waals surface area contributed by atoms with Crippen LogP contribution in [0.1, 0.15) is 5.56 Å². The topological polar surface area (TPSA) is 102 Å². The van der Waals surface area contributed by atoms with Crippen LogP contribution in [-0.4, -0.2) is 28.5 Å². The lowest BCUT2D eigenvalue weighted by atomic mass is 10.1. The first-order valence-electron chi connectivity index (χ1n) is 9.00. The molecule has 1 aliphatic rings. The molecule has 3 amide bonds. The number of aromatic nitrogens is 2. The summed E-state index contributed by atoms with van der Waals surface area (Å²) in [6.45, 7) is -0.497. The number of carbonyl (C=O) groups excluding carboxylic acids is 2. The van der Waals surface area contributed by atoms with E-state index in [1.54, 1.807) is 0 Å². The highest BCUT2D eigenvalue weighted by atomic mass is 19.4. The third-order valence-electron chi connectivity index (χ3n) is 4.51. The molecular formula is C20H13F4N5O3. The number of anilines is 3. The zero-order chi connectivity index (χ0) is 23.0. The molecule has 12 heteroatoms. The van der Waals surface area contributed by atoms with Crippen molar-refractivity contribution in [1.29, 1.82) is 0 Å². The van der Waals surface area contributed by atoms with Gasteiger partial charge in [-0.15, -0.1) is 0 Å². The van der Waals surface area contributed by atoms with E-state index in [1.165, 1.54) is 36.7 Å². The van der Waals surface area contributed by atoms with E-state index in [0.29, 0.717) is 23.6 Å². The van der Waals surface area contributed by atoms with E-state index in [2.05, 4.69) is 9.97 Å². The molecule has 0 radical (unpaired) electrons. The van der Waals surface area contributed by atoms with Crippen LogP contribution in [0.3, 0.4) is 0 Å². The number of nitrogens with two attached hydrogens (primary N) is 1. The molecule has 1 saturated heterocycles. The number of imide groups is 1. The van der Waals surface area contributed by atoms with E-state index >= 15 is 0 Å². The Morgan fingerprint density at radius 2 is 1.56 bits per heavy atom. The van der Waals surface area contributed by atoms with Crippen molar-refractivity contribution in [3.8, 4) is 11.5 Å². The Labute approximate surface area is 177 Å². The molecule has 2 heterocycles. The second-order valence-corrected chi connectivity index (χ2v) is 6.63. The van der Waals surface area contributed by atoms with Crippen molar-refractivity contribution < 1.29 is 31.9 Å². The molecule has 0 atom stereocenters. The normalized spacial score (nSPS) is 14.2. The number of urea groups is 1. The smallest absolute Gasteiger partial charge is 0.419 e. The molecule has 1 fully saturated rings. The largest absolute Gasteiger partial charge is 0.454 e. The first-order valence-corrected chi connectivity index (χ1v) is 9.00. The van der Waals surface area contributed by atoms with Crippen LogP contribution in [-0.2, 0) is 11.0 Å². The Balaban J connectivity index is 1.55. The Bertz CT molecular complexity index is 1180. The van der Waals surface area contributed by atoms with Gasteiger partial charge >= 0.3 is 12.2 Å². The average Bonchev–Trinajstić information content (AvgIpc) is 3.04. The molecule has 164 valence electrons. The Morgan fingerprint density at radius 3 is 2.19 bits per heavy atom. The number of rotatable bonds is 4. The van der Waals surface area contributed by atoms with Gasteiger partial charge in [0.1, 0.15) is 18.1 Å². The van der Waals surface area contributed by atoms with Crippen molar-refractivity contribution in [3.05, 3.63) is 66.2 Å². The molecule has 1 aliphatic heterocycles. The lowest BCUT2D eigenvalue weighted by Crippen LogP contribution is -2.33. The maximum absolute atomic E-state index is 13.6. The van der Waals surface area contributed by atoms with Crippen molar-refractivity contribution in [2.75, 3.05) is 22.1 Å². The van der Waals surface area contributed by atoms with E-state index in [9.17, 15) is 27.2 Å². The molecule has 0 unspecified atom stereocenters. The highest BCUT2D eigenvalue weighted by Gasteiger charge is 2.40. The molecule has 8 nitrogen and oxygen atoms in total. The van der Waals surface area contributed by atoms with Gasteiger partial charge in [-0.05, 0) is 42.5 Å². The number of carbonyl (C=O) groups is 2. The van der Waals surface area contributed by atoms with Crippen molar-refractivity contribution >= 4 is 29.3 Å². The van der Waals surface area contributed by atoms with Gasteiger partial charge in [0.15, 0.2) is 5.75 Å². The van der Waals surface area contributed by atoms with E-state index in [0.717, 1.165) is 15.9 Å². The summed E-state index contributed by atoms with van der Waals surface area (Å²) in [6.07, 6.45) is -2.23. The fourth-order valence-corrected chi connectivity index (χ4v) is 3.03. The Morgan fingerprint density at radius 1 is 0.938 bits per heavy atom. The highest BCUT2D eigenvalue weighted by Crippen LogP contribution is 2.35. The molecule has 4 rings (SSSR count). The first-order chi connectivity index (χ1) is 15.1. The van der Waals surface area contributed by atoms with Gasteiger partial charge in [0.05, 0.1) is 23.6 Å². The molecule has 32 heavy (non-hydrogen) atoms. The second kappa shape index (κ2) is 7.80. The number of amides is 3. The standard InChI is InChI=1S/C20H13F4N5O3/c21-16-6-3-12(7-15(16)20(22,23)24)28-10-17(30)29(19(28)31)11-1-4-13(5-2-11)32-14-8-26-18(25)27-9-14/h1-9H,10H2,(H2,25,26,27). The number of alkyl halides is 3. The molecule has 2 aromatic carbocycles. The third-order valence-corrected chi connectivity index (χ3v) is 4.51. The summed E-state index contributed by atoms with van der Waals surface area (Å²) in [4.78, 5) is 34.4. The van der Waals surface area contributed by atoms with E-state index in [1.807, 2.05) is 0 Å². The van der Waals surface area contributed by atoms with Crippen LogP contribution in [0.5, 0.6) is 11.5 Å². The highest BCUT2D eigenvalue weighted by molar-refractivity contribution is 6.26. The number of benzene rings is 2. The van der Waals surface area contributed by atoms with Crippen LogP contribution < -0.4 is 20.3 Å². The van der Waals surface area contributed by atoms with Gasteiger partial charge in [-0.2, -0.15) is 13.2 Å². The number of hydrogen-bond donors (Lipinski definition) is 1. The van der Waals surface area contributed by atoms with Crippen molar-refractivity contribution in [1.82, 2.24) is 9.97 Å². The fraction of sp³-hybridized carbons (Fsp3) is 0.100. The molecule has 3 aromatic rings. The van der Waals surface area contributed by atoms with Crippen LogP contribution >= 0.6 is 0 Å². The lowest BCUT2D eigenvalue weighted by molar-refractivity contribution is -0.139. The number of hydrogen-bond acceptors (Lipinski definition) is 6. The Kier molecular flexibility index (Phi) is 5.12. The van der Waals surface area contributed by atoms with Crippen LogP contribution in [0.4, 0.5) is 39.7 Å². The van der Waals surface area contributed by atoms with Gasteiger partial charge < -0.3 is 10.5 Å². The summed E-state index contributed by atoms with van der Waals surface area (Å²) in [5, 5.41) is 0. The van der Waals surface area contributed by atoms with Crippen LogP contribution in [0, 0.1) is 5.82 Å². The van der Waals surface area contributed by atoms with Gasteiger partial charge in [0, 0.05) is 5.69 Å². The summed E-state index contributed by atoms with van der Waals surface area (Å²) < 4.78 is 58.1. The summed E-state index contributed by atoms with van der Waals surface area (Å²) in [6, 6.07) is 7.06. The van der Waals surface area contributed by atoms with Crippen molar-refractivity contribution in [2.45, 2.75) is 6.18 Å². The number of ether oxygens (including phenoxy) is 1. The van der Waals surface area contributed by atoms with Crippen molar-refractivity contribution in [2.24, 2.45) is 0 Å². The van der Waals surface area contributed by atoms with Crippen molar-refractivity contribution in [3.63, 3.8) is 0 Å². The van der Waals surface area contributed by atoms with E-state index < -0.39 is 36.0 Å². The maximum atomic E-state index is 13.6. The summed E-state index contributed by atoms with van der Waals surface area (Å²) >= 11 is 0. The van der Waals surface area contributed by atoms with Crippen LogP contribution in [0.15, 0.2) is 54.9 Å². The number of halogens is 4. The molecule has 0 spiro atoms. The van der Waals surface area contributed by atoms with E-state index in [4.69, 9.17) is 10.5 Å². The fourth-order valence-electron chi connectivity index (χ4n) is 3.03. The summed E-state index contributed by atoms with van der Waals surface area (Å²) in [7, 11) is 0. The predicted molar refractivity (Wildman–Crippen MR) is 105 cm³/mol. The van der Waals surface area contributed by atoms with Gasteiger partial charge in [0.25, 0.3) is 5.91 Å². The first kappa shape index (κ1) is 21.0. The minimum Gasteiger partial charge on any atom is -0.454 e. The minimum atomic E-state index is -4.95. The molecule has 1 aromatic heterocycles. The second-order valence-electron chi connectivity index (χ2n) is 6.63. The third kappa shape index (κ3) is 4.02. The molecular weight excluding hydrogens is 434 g/mol.